The summed E-state index contributed by atoms with van der Waals surface area (Å²) in [4.78, 5) is 0. The highest BCUT2D eigenvalue weighted by molar-refractivity contribution is 4.82. The zero-order valence-corrected chi connectivity index (χ0v) is 9.92. The summed E-state index contributed by atoms with van der Waals surface area (Å²) in [6, 6.07) is 0.546. The molecule has 0 aromatic carbocycles. The number of hydrogen-bond donors (Lipinski definition) is 2. The van der Waals surface area contributed by atoms with Crippen LogP contribution < -0.4 is 11.3 Å². The molecule has 3 unspecified atom stereocenters. The van der Waals surface area contributed by atoms with Gasteiger partial charge in [0.1, 0.15) is 0 Å². The summed E-state index contributed by atoms with van der Waals surface area (Å²) in [5, 5.41) is 0. The Balaban J connectivity index is 2.47. The monoisotopic (exact) mass is 198 g/mol. The fourth-order valence-corrected chi connectivity index (χ4v) is 3.10. The van der Waals surface area contributed by atoms with Gasteiger partial charge in [-0.05, 0) is 43.4 Å². The topological polar surface area (TPSA) is 38.0 Å². The van der Waals surface area contributed by atoms with Gasteiger partial charge in [-0.15, -0.1) is 0 Å². The molecule has 1 rings (SSSR count). The van der Waals surface area contributed by atoms with Crippen molar-refractivity contribution in [2.75, 3.05) is 0 Å². The number of hydrogen-bond acceptors (Lipinski definition) is 2. The van der Waals surface area contributed by atoms with E-state index < -0.39 is 0 Å². The fourth-order valence-electron chi connectivity index (χ4n) is 3.10. The lowest BCUT2D eigenvalue weighted by molar-refractivity contribution is 0.171. The smallest absolute Gasteiger partial charge is 0.0238 e. The molecule has 0 amide bonds. The molecule has 3 atom stereocenters. The van der Waals surface area contributed by atoms with Crippen molar-refractivity contribution in [1.29, 1.82) is 0 Å². The van der Waals surface area contributed by atoms with Crippen LogP contribution in [0.5, 0.6) is 0 Å². The van der Waals surface area contributed by atoms with Gasteiger partial charge in [-0.1, -0.05) is 27.2 Å². The van der Waals surface area contributed by atoms with E-state index in [1.165, 1.54) is 32.1 Å². The molecule has 3 N–H and O–H groups in total. The van der Waals surface area contributed by atoms with Gasteiger partial charge in [-0.2, -0.15) is 0 Å². The largest absolute Gasteiger partial charge is 0.271 e. The fraction of sp³-hybridized carbons (Fsp3) is 1.00. The van der Waals surface area contributed by atoms with Gasteiger partial charge in [0.05, 0.1) is 0 Å². The third-order valence-electron chi connectivity index (χ3n) is 3.60. The number of hydrazine groups is 1. The first-order valence-electron chi connectivity index (χ1n) is 6.13. The van der Waals surface area contributed by atoms with Crippen LogP contribution >= 0.6 is 0 Å². The van der Waals surface area contributed by atoms with Crippen LogP contribution in [0.25, 0.3) is 0 Å². The molecule has 0 radical (unpaired) electrons. The van der Waals surface area contributed by atoms with E-state index in [2.05, 4.69) is 26.2 Å². The molecule has 0 saturated heterocycles. The van der Waals surface area contributed by atoms with Crippen molar-refractivity contribution in [2.24, 2.45) is 23.6 Å². The lowest BCUT2D eigenvalue weighted by Crippen LogP contribution is -2.43. The highest BCUT2D eigenvalue weighted by Gasteiger charge is 2.28. The number of nitrogens with one attached hydrogen (secondary N) is 1. The molecule has 14 heavy (non-hydrogen) atoms. The standard InChI is InChI=1S/C12H26N2/c1-4-5-12(14-13)11-7-9(2)6-10(3)8-11/h9-12,14H,4-8,13H2,1-3H3. The van der Waals surface area contributed by atoms with Crippen LogP contribution in [0.3, 0.4) is 0 Å². The third kappa shape index (κ3) is 3.25. The molecule has 0 spiro atoms. The van der Waals surface area contributed by atoms with Crippen LogP contribution in [-0.2, 0) is 0 Å². The number of rotatable bonds is 4. The minimum Gasteiger partial charge on any atom is -0.271 e. The summed E-state index contributed by atoms with van der Waals surface area (Å²) in [6.07, 6.45) is 6.58. The molecule has 0 aromatic heterocycles. The van der Waals surface area contributed by atoms with Crippen LogP contribution in [0.2, 0.25) is 0 Å². The molecule has 0 heterocycles. The molecular weight excluding hydrogens is 172 g/mol. The highest BCUT2D eigenvalue weighted by atomic mass is 15.2. The van der Waals surface area contributed by atoms with Crippen LogP contribution in [0.15, 0.2) is 0 Å². The molecule has 2 heteroatoms. The molecular formula is C12H26N2. The molecule has 0 bridgehead atoms. The van der Waals surface area contributed by atoms with E-state index in [0.717, 1.165) is 17.8 Å². The normalized spacial score (nSPS) is 35.6. The van der Waals surface area contributed by atoms with Gasteiger partial charge >= 0.3 is 0 Å². The maximum absolute atomic E-state index is 5.63. The molecule has 1 aliphatic rings. The van der Waals surface area contributed by atoms with Gasteiger partial charge in [0.2, 0.25) is 0 Å². The van der Waals surface area contributed by atoms with Crippen molar-refractivity contribution >= 4 is 0 Å². The van der Waals surface area contributed by atoms with E-state index in [0.29, 0.717) is 6.04 Å². The average Bonchev–Trinajstić information content (AvgIpc) is 2.12. The number of nitrogens with two attached hydrogens (primary N) is 1. The van der Waals surface area contributed by atoms with Crippen LogP contribution in [0.4, 0.5) is 0 Å². The maximum atomic E-state index is 5.63. The molecule has 1 aliphatic carbocycles. The van der Waals surface area contributed by atoms with Gasteiger partial charge in [0.15, 0.2) is 0 Å². The molecule has 0 aromatic rings. The molecule has 2 nitrogen and oxygen atoms in total. The predicted molar refractivity (Wildman–Crippen MR) is 61.7 cm³/mol. The first kappa shape index (κ1) is 12.0. The first-order valence-corrected chi connectivity index (χ1v) is 6.13. The summed E-state index contributed by atoms with van der Waals surface area (Å²) in [7, 11) is 0. The second-order valence-electron chi connectivity index (χ2n) is 5.24. The third-order valence-corrected chi connectivity index (χ3v) is 3.60. The zero-order chi connectivity index (χ0) is 10.6. The van der Waals surface area contributed by atoms with E-state index in [1.807, 2.05) is 0 Å². The predicted octanol–water partition coefficient (Wildman–Crippen LogP) is 2.69. The molecule has 1 saturated carbocycles. The summed E-state index contributed by atoms with van der Waals surface area (Å²) >= 11 is 0. The van der Waals surface area contributed by atoms with Crippen molar-refractivity contribution in [3.63, 3.8) is 0 Å². The quantitative estimate of drug-likeness (QED) is 0.538. The molecule has 0 aliphatic heterocycles. The van der Waals surface area contributed by atoms with E-state index in [4.69, 9.17) is 5.84 Å². The van der Waals surface area contributed by atoms with Crippen LogP contribution in [-0.4, -0.2) is 6.04 Å². The van der Waals surface area contributed by atoms with Gasteiger partial charge in [0, 0.05) is 6.04 Å². The van der Waals surface area contributed by atoms with Crippen molar-refractivity contribution in [1.82, 2.24) is 5.43 Å². The molecule has 84 valence electrons. The average molecular weight is 198 g/mol. The Kier molecular flexibility index (Phi) is 4.90. The van der Waals surface area contributed by atoms with Gasteiger partial charge in [0.25, 0.3) is 0 Å². The Bertz CT molecular complexity index is 148. The van der Waals surface area contributed by atoms with Crippen LogP contribution in [0, 0.1) is 17.8 Å². The summed E-state index contributed by atoms with van der Waals surface area (Å²) in [6.45, 7) is 6.99. The van der Waals surface area contributed by atoms with E-state index in [1.54, 1.807) is 0 Å². The van der Waals surface area contributed by atoms with Gasteiger partial charge in [-0.3, -0.25) is 11.3 Å². The minimum absolute atomic E-state index is 0.546. The van der Waals surface area contributed by atoms with E-state index in [-0.39, 0.29) is 0 Å². The Hall–Kier alpha value is -0.0800. The van der Waals surface area contributed by atoms with Crippen molar-refractivity contribution in [2.45, 2.75) is 58.9 Å². The lowest BCUT2D eigenvalue weighted by atomic mass is 9.73. The van der Waals surface area contributed by atoms with Crippen molar-refractivity contribution in [3.05, 3.63) is 0 Å². The zero-order valence-electron chi connectivity index (χ0n) is 9.92. The lowest BCUT2D eigenvalue weighted by Gasteiger charge is -2.36. The van der Waals surface area contributed by atoms with Gasteiger partial charge in [-0.25, -0.2) is 0 Å². The van der Waals surface area contributed by atoms with Gasteiger partial charge < -0.3 is 0 Å². The second kappa shape index (κ2) is 5.72. The highest BCUT2D eigenvalue weighted by Crippen LogP contribution is 2.35. The summed E-state index contributed by atoms with van der Waals surface area (Å²) < 4.78 is 0. The second-order valence-corrected chi connectivity index (χ2v) is 5.24. The van der Waals surface area contributed by atoms with Crippen molar-refractivity contribution < 1.29 is 0 Å². The Morgan fingerprint density at radius 1 is 1.21 bits per heavy atom. The van der Waals surface area contributed by atoms with E-state index in [9.17, 15) is 0 Å². The maximum Gasteiger partial charge on any atom is 0.0238 e. The van der Waals surface area contributed by atoms with Crippen molar-refractivity contribution in [3.8, 4) is 0 Å². The summed E-state index contributed by atoms with van der Waals surface area (Å²) in [5.41, 5.74) is 3.01. The Morgan fingerprint density at radius 3 is 2.21 bits per heavy atom. The SMILES string of the molecule is CCCC(NN)C1CC(C)CC(C)C1. The Morgan fingerprint density at radius 2 is 1.79 bits per heavy atom. The Labute approximate surface area is 88.6 Å². The minimum atomic E-state index is 0.546. The molecule has 1 fully saturated rings. The van der Waals surface area contributed by atoms with E-state index >= 15 is 0 Å². The van der Waals surface area contributed by atoms with Crippen LogP contribution in [0.1, 0.15) is 52.9 Å². The summed E-state index contributed by atoms with van der Waals surface area (Å²) in [5.74, 6) is 8.21. The first-order chi connectivity index (χ1) is 6.67.